The number of anilines is 1. The van der Waals surface area contributed by atoms with Gasteiger partial charge in [0.05, 0.1) is 16.7 Å². The van der Waals surface area contributed by atoms with Crippen molar-refractivity contribution in [3.8, 4) is 0 Å². The molecule has 0 aliphatic carbocycles. The maximum absolute atomic E-state index is 13.2. The van der Waals surface area contributed by atoms with Crippen LogP contribution in [-0.4, -0.2) is 42.6 Å². The zero-order valence-corrected chi connectivity index (χ0v) is 18.4. The number of carbonyl (C=O) groups is 3. The maximum atomic E-state index is 13.2. The van der Waals surface area contributed by atoms with E-state index in [0.717, 1.165) is 31.5 Å². The van der Waals surface area contributed by atoms with E-state index in [1.165, 1.54) is 0 Å². The first-order valence-electron chi connectivity index (χ1n) is 11.1. The lowest BCUT2D eigenvalue weighted by atomic mass is 9.81. The highest BCUT2D eigenvalue weighted by atomic mass is 16.2. The average molecular weight is 440 g/mol. The van der Waals surface area contributed by atoms with Gasteiger partial charge in [-0.2, -0.15) is 0 Å². The minimum Gasteiger partial charge on any atom is -0.332 e. The van der Waals surface area contributed by atoms with Crippen LogP contribution < -0.4 is 10.6 Å². The van der Waals surface area contributed by atoms with Crippen molar-refractivity contribution in [2.45, 2.75) is 18.4 Å². The highest BCUT2D eigenvalue weighted by Gasteiger charge is 2.49. The standard InChI is InChI=1S/C27H25N3O3/c1-30-26(33)23-21(8-5-9-22(23)27(30)14-16-28-17-15-27)25(32)29-20-12-10-19(11-13-20)24(31)18-6-3-2-4-7-18/h2-13,28H,14-17H2,1H3,(H,29,32). The first-order valence-corrected chi connectivity index (χ1v) is 11.1. The summed E-state index contributed by atoms with van der Waals surface area (Å²) in [5.41, 5.74) is 3.19. The zero-order chi connectivity index (χ0) is 23.0. The highest BCUT2D eigenvalue weighted by molar-refractivity contribution is 6.14. The molecule has 2 N–H and O–H groups in total. The Morgan fingerprint density at radius 2 is 1.55 bits per heavy atom. The van der Waals surface area contributed by atoms with E-state index in [9.17, 15) is 14.4 Å². The molecule has 1 saturated heterocycles. The lowest BCUT2D eigenvalue weighted by molar-refractivity contribution is 0.0549. The zero-order valence-electron chi connectivity index (χ0n) is 18.4. The van der Waals surface area contributed by atoms with Crippen LogP contribution in [0.25, 0.3) is 0 Å². The summed E-state index contributed by atoms with van der Waals surface area (Å²) in [6, 6.07) is 21.4. The fourth-order valence-electron chi connectivity index (χ4n) is 5.01. The summed E-state index contributed by atoms with van der Waals surface area (Å²) in [6.45, 7) is 1.67. The second kappa shape index (κ2) is 8.30. The predicted molar refractivity (Wildman–Crippen MR) is 127 cm³/mol. The van der Waals surface area contributed by atoms with E-state index in [1.54, 1.807) is 47.4 Å². The van der Waals surface area contributed by atoms with E-state index >= 15 is 0 Å². The third-order valence-electron chi connectivity index (χ3n) is 6.84. The Labute approximate surface area is 192 Å². The summed E-state index contributed by atoms with van der Waals surface area (Å²) in [4.78, 5) is 40.8. The minimum absolute atomic E-state index is 0.0738. The Kier molecular flexibility index (Phi) is 5.30. The van der Waals surface area contributed by atoms with E-state index in [1.807, 2.05) is 37.4 Å². The molecule has 2 aliphatic rings. The van der Waals surface area contributed by atoms with Crippen molar-refractivity contribution in [2.75, 3.05) is 25.5 Å². The second-order valence-corrected chi connectivity index (χ2v) is 8.60. The molecule has 2 aliphatic heterocycles. The first-order chi connectivity index (χ1) is 16.0. The van der Waals surface area contributed by atoms with Crippen LogP contribution in [0.1, 0.15) is 55.0 Å². The van der Waals surface area contributed by atoms with Crippen LogP contribution in [0.4, 0.5) is 5.69 Å². The number of carbonyl (C=O) groups excluding carboxylic acids is 3. The van der Waals surface area contributed by atoms with Crippen LogP contribution in [0, 0.1) is 0 Å². The summed E-state index contributed by atoms with van der Waals surface area (Å²) in [6.07, 6.45) is 1.65. The minimum atomic E-state index is -0.354. The van der Waals surface area contributed by atoms with E-state index < -0.39 is 0 Å². The van der Waals surface area contributed by atoms with Crippen molar-refractivity contribution in [3.05, 3.63) is 101 Å². The summed E-state index contributed by atoms with van der Waals surface area (Å²) >= 11 is 0. The molecule has 33 heavy (non-hydrogen) atoms. The molecule has 3 aromatic rings. The van der Waals surface area contributed by atoms with Crippen LogP contribution in [0.5, 0.6) is 0 Å². The fourth-order valence-corrected chi connectivity index (χ4v) is 5.01. The Morgan fingerprint density at radius 3 is 2.24 bits per heavy atom. The monoisotopic (exact) mass is 439 g/mol. The van der Waals surface area contributed by atoms with Crippen LogP contribution in [0.3, 0.4) is 0 Å². The van der Waals surface area contributed by atoms with Gasteiger partial charge >= 0.3 is 0 Å². The predicted octanol–water partition coefficient (Wildman–Crippen LogP) is 3.83. The number of benzene rings is 3. The SMILES string of the molecule is CN1C(=O)c2c(C(=O)Nc3ccc(C(=O)c4ccccc4)cc3)cccc2C12CCNCC2. The van der Waals surface area contributed by atoms with Crippen molar-refractivity contribution in [1.82, 2.24) is 10.2 Å². The van der Waals surface area contributed by atoms with Gasteiger partial charge < -0.3 is 15.5 Å². The van der Waals surface area contributed by atoms with Gasteiger partial charge in [-0.05, 0) is 61.8 Å². The molecule has 2 amide bonds. The van der Waals surface area contributed by atoms with Gasteiger partial charge in [-0.25, -0.2) is 0 Å². The molecule has 5 rings (SSSR count). The molecule has 0 saturated carbocycles. The smallest absolute Gasteiger partial charge is 0.256 e. The fraction of sp³-hybridized carbons (Fsp3) is 0.222. The van der Waals surface area contributed by atoms with Crippen LogP contribution >= 0.6 is 0 Å². The van der Waals surface area contributed by atoms with Crippen molar-refractivity contribution in [1.29, 1.82) is 0 Å². The highest BCUT2D eigenvalue weighted by Crippen LogP contribution is 2.45. The molecular weight excluding hydrogens is 414 g/mol. The molecule has 0 unspecified atom stereocenters. The third kappa shape index (κ3) is 3.52. The Bertz CT molecular complexity index is 1230. The van der Waals surface area contributed by atoms with Crippen molar-refractivity contribution < 1.29 is 14.4 Å². The van der Waals surface area contributed by atoms with E-state index in [-0.39, 0.29) is 23.1 Å². The molecule has 0 bridgehead atoms. The molecule has 6 nitrogen and oxygen atoms in total. The van der Waals surface area contributed by atoms with Crippen molar-refractivity contribution in [3.63, 3.8) is 0 Å². The largest absolute Gasteiger partial charge is 0.332 e. The Balaban J connectivity index is 1.40. The number of nitrogens with zero attached hydrogens (tertiary/aromatic N) is 1. The van der Waals surface area contributed by atoms with Crippen LogP contribution in [-0.2, 0) is 5.54 Å². The van der Waals surface area contributed by atoms with Crippen LogP contribution in [0.15, 0.2) is 72.8 Å². The van der Waals surface area contributed by atoms with Gasteiger partial charge in [-0.3, -0.25) is 14.4 Å². The molecule has 0 atom stereocenters. The van der Waals surface area contributed by atoms with Gasteiger partial charge in [-0.15, -0.1) is 0 Å². The lowest BCUT2D eigenvalue weighted by Crippen LogP contribution is -2.48. The summed E-state index contributed by atoms with van der Waals surface area (Å²) in [5.74, 6) is -0.515. The number of piperidine rings is 1. The Morgan fingerprint density at radius 1 is 0.879 bits per heavy atom. The lowest BCUT2D eigenvalue weighted by Gasteiger charge is -2.40. The topological polar surface area (TPSA) is 78.5 Å². The van der Waals surface area contributed by atoms with Gasteiger partial charge in [0.15, 0.2) is 5.78 Å². The summed E-state index contributed by atoms with van der Waals surface area (Å²) in [7, 11) is 1.83. The van der Waals surface area contributed by atoms with E-state index in [2.05, 4.69) is 10.6 Å². The molecule has 1 fully saturated rings. The van der Waals surface area contributed by atoms with Crippen molar-refractivity contribution in [2.24, 2.45) is 0 Å². The number of hydrogen-bond donors (Lipinski definition) is 2. The van der Waals surface area contributed by atoms with E-state index in [0.29, 0.717) is 27.9 Å². The molecule has 6 heteroatoms. The van der Waals surface area contributed by atoms with E-state index in [4.69, 9.17) is 0 Å². The van der Waals surface area contributed by atoms with Gasteiger partial charge in [0.2, 0.25) is 0 Å². The van der Waals surface area contributed by atoms with Gasteiger partial charge in [0, 0.05) is 23.9 Å². The van der Waals surface area contributed by atoms with Gasteiger partial charge in [-0.1, -0.05) is 42.5 Å². The van der Waals surface area contributed by atoms with Gasteiger partial charge in [0.25, 0.3) is 11.8 Å². The normalized spacial score (nSPS) is 16.5. The number of fused-ring (bicyclic) bond motifs is 2. The summed E-state index contributed by atoms with van der Waals surface area (Å²) in [5, 5.41) is 6.24. The molecule has 0 aromatic heterocycles. The number of hydrogen-bond acceptors (Lipinski definition) is 4. The molecule has 3 aromatic carbocycles. The summed E-state index contributed by atoms with van der Waals surface area (Å²) < 4.78 is 0. The number of amides is 2. The maximum Gasteiger partial charge on any atom is 0.256 e. The second-order valence-electron chi connectivity index (χ2n) is 8.60. The molecular formula is C27H25N3O3. The first kappa shape index (κ1) is 21.1. The quantitative estimate of drug-likeness (QED) is 0.606. The number of rotatable bonds is 4. The number of nitrogens with one attached hydrogen (secondary N) is 2. The molecule has 0 radical (unpaired) electrons. The van der Waals surface area contributed by atoms with Crippen LogP contribution in [0.2, 0.25) is 0 Å². The molecule has 166 valence electrons. The molecule has 1 spiro atoms. The van der Waals surface area contributed by atoms with Crippen molar-refractivity contribution >= 4 is 23.3 Å². The molecule has 2 heterocycles. The Hall–Kier alpha value is -3.77. The third-order valence-corrected chi connectivity index (χ3v) is 6.84. The number of ketones is 1. The van der Waals surface area contributed by atoms with Gasteiger partial charge in [0.1, 0.15) is 0 Å². The average Bonchev–Trinajstić information content (AvgIpc) is 3.07.